The van der Waals surface area contributed by atoms with Crippen LogP contribution in [0.25, 0.3) is 0 Å². The minimum atomic E-state index is -0.258. The molecule has 0 radical (unpaired) electrons. The Morgan fingerprint density at radius 1 is 1.45 bits per heavy atom. The first-order valence-electron chi connectivity index (χ1n) is 6.32. The van der Waals surface area contributed by atoms with Crippen molar-refractivity contribution in [3.05, 3.63) is 23.2 Å². The van der Waals surface area contributed by atoms with E-state index in [2.05, 4.69) is 5.32 Å². The van der Waals surface area contributed by atoms with Crippen molar-refractivity contribution in [3.8, 4) is 0 Å². The number of carbonyl (C=O) groups is 1. The summed E-state index contributed by atoms with van der Waals surface area (Å²) in [5.41, 5.74) is 6.39. The van der Waals surface area contributed by atoms with Gasteiger partial charge in [-0.1, -0.05) is 11.6 Å². The monoisotopic (exact) mass is 300 g/mol. The zero-order valence-electron chi connectivity index (χ0n) is 12.0. The minimum absolute atomic E-state index is 0.0273. The van der Waals surface area contributed by atoms with Crippen molar-refractivity contribution in [1.29, 1.82) is 0 Å². The number of hydrogen-bond acceptors (Lipinski definition) is 4. The number of benzene rings is 1. The molecule has 6 heteroatoms. The molecule has 1 rings (SSSR count). The quantitative estimate of drug-likeness (QED) is 0.600. The van der Waals surface area contributed by atoms with Crippen molar-refractivity contribution in [1.82, 2.24) is 0 Å². The lowest BCUT2D eigenvalue weighted by molar-refractivity contribution is -0.121. The SMILES string of the molecule is COC(C)(C)CCOCC(=O)Nc1ccc(N)cc1Cl. The van der Waals surface area contributed by atoms with Gasteiger partial charge in [0.1, 0.15) is 6.61 Å². The molecule has 0 aliphatic rings. The Hall–Kier alpha value is -1.30. The third-order valence-electron chi connectivity index (χ3n) is 2.90. The molecule has 0 fully saturated rings. The molecule has 1 aromatic carbocycles. The first-order chi connectivity index (χ1) is 9.34. The van der Waals surface area contributed by atoms with Gasteiger partial charge in [-0.3, -0.25) is 4.79 Å². The molecule has 0 spiro atoms. The number of hydrogen-bond donors (Lipinski definition) is 2. The molecule has 0 heterocycles. The highest BCUT2D eigenvalue weighted by Gasteiger charge is 2.16. The van der Waals surface area contributed by atoms with Crippen LogP contribution in [-0.4, -0.2) is 31.8 Å². The van der Waals surface area contributed by atoms with Crippen LogP contribution >= 0.6 is 11.6 Å². The summed E-state index contributed by atoms with van der Waals surface area (Å²) in [4.78, 5) is 11.7. The first kappa shape index (κ1) is 16.8. The summed E-state index contributed by atoms with van der Waals surface area (Å²) in [5.74, 6) is -0.258. The molecule has 0 saturated carbocycles. The summed E-state index contributed by atoms with van der Waals surface area (Å²) in [7, 11) is 1.65. The fraction of sp³-hybridized carbons (Fsp3) is 0.500. The Bertz CT molecular complexity index is 464. The van der Waals surface area contributed by atoms with E-state index in [0.29, 0.717) is 29.4 Å². The third kappa shape index (κ3) is 5.77. The van der Waals surface area contributed by atoms with E-state index in [4.69, 9.17) is 26.8 Å². The highest BCUT2D eigenvalue weighted by molar-refractivity contribution is 6.34. The number of methoxy groups -OCH3 is 1. The van der Waals surface area contributed by atoms with Crippen LogP contribution in [0.5, 0.6) is 0 Å². The fourth-order valence-electron chi connectivity index (χ4n) is 1.40. The van der Waals surface area contributed by atoms with Gasteiger partial charge in [-0.2, -0.15) is 0 Å². The number of ether oxygens (including phenoxy) is 2. The number of carbonyl (C=O) groups excluding carboxylic acids is 1. The van der Waals surface area contributed by atoms with Gasteiger partial charge in [0.15, 0.2) is 0 Å². The molecule has 0 unspecified atom stereocenters. The summed E-state index contributed by atoms with van der Waals surface area (Å²) in [6.07, 6.45) is 0.708. The Morgan fingerprint density at radius 3 is 2.75 bits per heavy atom. The zero-order valence-corrected chi connectivity index (χ0v) is 12.8. The van der Waals surface area contributed by atoms with Crippen LogP contribution < -0.4 is 11.1 Å². The maximum Gasteiger partial charge on any atom is 0.250 e. The second-order valence-corrected chi connectivity index (χ2v) is 5.46. The number of anilines is 2. The second-order valence-electron chi connectivity index (χ2n) is 5.05. The van der Waals surface area contributed by atoms with Crippen LogP contribution in [0.15, 0.2) is 18.2 Å². The molecule has 3 N–H and O–H groups in total. The van der Waals surface area contributed by atoms with E-state index in [1.807, 2.05) is 13.8 Å². The molecule has 0 aliphatic carbocycles. The van der Waals surface area contributed by atoms with Crippen LogP contribution in [0.4, 0.5) is 11.4 Å². The van der Waals surface area contributed by atoms with E-state index in [-0.39, 0.29) is 18.1 Å². The average Bonchev–Trinajstić information content (AvgIpc) is 2.38. The van der Waals surface area contributed by atoms with Crippen molar-refractivity contribution < 1.29 is 14.3 Å². The summed E-state index contributed by atoms with van der Waals surface area (Å²) in [6, 6.07) is 4.91. The fourth-order valence-corrected chi connectivity index (χ4v) is 1.64. The lowest BCUT2D eigenvalue weighted by atomic mass is 10.1. The molecular formula is C14H21ClN2O3. The summed E-state index contributed by atoms with van der Waals surface area (Å²) in [6.45, 7) is 4.35. The molecule has 5 nitrogen and oxygen atoms in total. The van der Waals surface area contributed by atoms with E-state index in [0.717, 1.165) is 0 Å². The molecule has 1 amide bonds. The van der Waals surface area contributed by atoms with Crippen LogP contribution in [0.3, 0.4) is 0 Å². The van der Waals surface area contributed by atoms with E-state index >= 15 is 0 Å². The number of halogens is 1. The molecular weight excluding hydrogens is 280 g/mol. The Morgan fingerprint density at radius 2 is 2.15 bits per heavy atom. The van der Waals surface area contributed by atoms with Gasteiger partial charge < -0.3 is 20.5 Å². The van der Waals surface area contributed by atoms with Crippen molar-refractivity contribution in [2.75, 3.05) is 31.4 Å². The molecule has 20 heavy (non-hydrogen) atoms. The topological polar surface area (TPSA) is 73.6 Å². The number of nitrogen functional groups attached to an aromatic ring is 1. The number of nitrogens with one attached hydrogen (secondary N) is 1. The van der Waals surface area contributed by atoms with Crippen LogP contribution in [0, 0.1) is 0 Å². The van der Waals surface area contributed by atoms with E-state index in [1.165, 1.54) is 0 Å². The maximum atomic E-state index is 11.7. The maximum absolute atomic E-state index is 11.7. The van der Waals surface area contributed by atoms with Gasteiger partial charge in [-0.15, -0.1) is 0 Å². The van der Waals surface area contributed by atoms with Crippen molar-refractivity contribution in [3.63, 3.8) is 0 Å². The Kier molecular flexibility index (Phi) is 6.26. The molecule has 0 atom stereocenters. The second kappa shape index (κ2) is 7.47. The minimum Gasteiger partial charge on any atom is -0.399 e. The van der Waals surface area contributed by atoms with Crippen molar-refractivity contribution >= 4 is 28.9 Å². The summed E-state index contributed by atoms with van der Waals surface area (Å²) in [5, 5.41) is 3.07. The molecule has 0 aliphatic heterocycles. The summed E-state index contributed by atoms with van der Waals surface area (Å²) < 4.78 is 10.6. The average molecular weight is 301 g/mol. The van der Waals surface area contributed by atoms with Gasteiger partial charge in [0.05, 0.1) is 16.3 Å². The zero-order chi connectivity index (χ0) is 15.2. The van der Waals surface area contributed by atoms with Crippen molar-refractivity contribution in [2.24, 2.45) is 0 Å². The van der Waals surface area contributed by atoms with E-state index in [9.17, 15) is 4.79 Å². The van der Waals surface area contributed by atoms with Gasteiger partial charge in [0, 0.05) is 19.4 Å². The third-order valence-corrected chi connectivity index (χ3v) is 3.21. The lowest BCUT2D eigenvalue weighted by Crippen LogP contribution is -2.26. The van der Waals surface area contributed by atoms with Gasteiger partial charge in [-0.05, 0) is 38.5 Å². The van der Waals surface area contributed by atoms with E-state index in [1.54, 1.807) is 25.3 Å². The molecule has 0 bridgehead atoms. The van der Waals surface area contributed by atoms with Gasteiger partial charge in [0.2, 0.25) is 5.91 Å². The summed E-state index contributed by atoms with van der Waals surface area (Å²) >= 11 is 5.96. The van der Waals surface area contributed by atoms with Gasteiger partial charge >= 0.3 is 0 Å². The highest BCUT2D eigenvalue weighted by Crippen LogP contribution is 2.23. The predicted octanol–water partition coefficient (Wildman–Crippen LogP) is 2.69. The first-order valence-corrected chi connectivity index (χ1v) is 6.69. The largest absolute Gasteiger partial charge is 0.399 e. The molecule has 1 aromatic rings. The molecule has 112 valence electrons. The Labute approximate surface area is 124 Å². The Balaban J connectivity index is 2.34. The number of nitrogens with two attached hydrogens (primary N) is 1. The number of amides is 1. The standard InChI is InChI=1S/C14H21ClN2O3/c1-14(2,19-3)6-7-20-9-13(18)17-12-5-4-10(16)8-11(12)15/h4-5,8H,6-7,9,16H2,1-3H3,(H,17,18). The van der Waals surface area contributed by atoms with Gasteiger partial charge in [0.25, 0.3) is 0 Å². The lowest BCUT2D eigenvalue weighted by Gasteiger charge is -2.22. The van der Waals surface area contributed by atoms with Crippen LogP contribution in [-0.2, 0) is 14.3 Å². The molecule has 0 saturated heterocycles. The van der Waals surface area contributed by atoms with Crippen LogP contribution in [0.1, 0.15) is 20.3 Å². The van der Waals surface area contributed by atoms with Crippen molar-refractivity contribution in [2.45, 2.75) is 25.9 Å². The smallest absolute Gasteiger partial charge is 0.250 e. The molecule has 0 aromatic heterocycles. The predicted molar refractivity (Wildman–Crippen MR) is 81.0 cm³/mol. The van der Waals surface area contributed by atoms with Crippen LogP contribution in [0.2, 0.25) is 5.02 Å². The van der Waals surface area contributed by atoms with Gasteiger partial charge in [-0.25, -0.2) is 0 Å². The highest BCUT2D eigenvalue weighted by atomic mass is 35.5. The van der Waals surface area contributed by atoms with E-state index < -0.39 is 0 Å². The normalized spacial score (nSPS) is 11.4. The number of rotatable bonds is 7.